The minimum atomic E-state index is -1.20. The average Bonchev–Trinajstić information content (AvgIpc) is 2.17. The van der Waals surface area contributed by atoms with Gasteiger partial charge in [0.25, 0.3) is 5.91 Å². The van der Waals surface area contributed by atoms with Crippen LogP contribution < -0.4 is 5.32 Å². The zero-order valence-electron chi connectivity index (χ0n) is 9.45. The van der Waals surface area contributed by atoms with E-state index < -0.39 is 18.2 Å². The number of amides is 1. The van der Waals surface area contributed by atoms with Crippen LogP contribution in [0, 0.1) is 0 Å². The lowest BCUT2D eigenvalue weighted by Crippen LogP contribution is -2.38. The van der Waals surface area contributed by atoms with Gasteiger partial charge < -0.3 is 15.2 Å². The first-order valence-corrected chi connectivity index (χ1v) is 5.15. The van der Waals surface area contributed by atoms with Crippen LogP contribution in [-0.4, -0.2) is 35.7 Å². The molecule has 0 aliphatic heterocycles. The summed E-state index contributed by atoms with van der Waals surface area (Å²) in [7, 11) is 0. The molecule has 0 unspecified atom stereocenters. The lowest BCUT2D eigenvalue weighted by Gasteiger charge is -2.14. The standard InChI is InChI=1S/C10H19NO4/c1-4-5-6-11-9(13)8(3)15-10(14)7(2)12/h7-8,12H,4-6H2,1-3H3,(H,11,13)/t7-,8-/m0/s1. The van der Waals surface area contributed by atoms with Gasteiger partial charge in [-0.3, -0.25) is 4.79 Å². The molecule has 0 aromatic rings. The van der Waals surface area contributed by atoms with Crippen LogP contribution in [0.25, 0.3) is 0 Å². The number of hydrogen-bond donors (Lipinski definition) is 2. The van der Waals surface area contributed by atoms with Crippen molar-refractivity contribution in [1.29, 1.82) is 0 Å². The number of aliphatic hydroxyl groups is 1. The Morgan fingerprint density at radius 1 is 1.40 bits per heavy atom. The summed E-state index contributed by atoms with van der Waals surface area (Å²) in [4.78, 5) is 22.2. The van der Waals surface area contributed by atoms with E-state index in [1.807, 2.05) is 6.92 Å². The maximum Gasteiger partial charge on any atom is 0.335 e. The minimum Gasteiger partial charge on any atom is -0.451 e. The maximum atomic E-state index is 11.3. The number of carbonyl (C=O) groups excluding carboxylic acids is 2. The van der Waals surface area contributed by atoms with Gasteiger partial charge in [0, 0.05) is 6.54 Å². The van der Waals surface area contributed by atoms with Crippen LogP contribution in [-0.2, 0) is 14.3 Å². The molecule has 0 bridgehead atoms. The van der Waals surface area contributed by atoms with E-state index in [-0.39, 0.29) is 5.91 Å². The Labute approximate surface area is 89.8 Å². The smallest absolute Gasteiger partial charge is 0.335 e. The van der Waals surface area contributed by atoms with Crippen molar-refractivity contribution < 1.29 is 19.4 Å². The van der Waals surface area contributed by atoms with E-state index in [1.165, 1.54) is 13.8 Å². The van der Waals surface area contributed by atoms with Crippen LogP contribution in [0.2, 0.25) is 0 Å². The molecular formula is C10H19NO4. The summed E-state index contributed by atoms with van der Waals surface area (Å²) >= 11 is 0. The molecule has 0 saturated carbocycles. The minimum absolute atomic E-state index is 0.336. The highest BCUT2D eigenvalue weighted by atomic mass is 16.6. The second-order valence-electron chi connectivity index (χ2n) is 3.40. The molecule has 0 radical (unpaired) electrons. The monoisotopic (exact) mass is 217 g/mol. The number of nitrogens with one attached hydrogen (secondary N) is 1. The van der Waals surface area contributed by atoms with Gasteiger partial charge in [0.15, 0.2) is 6.10 Å². The summed E-state index contributed by atoms with van der Waals surface area (Å²) in [6.45, 7) is 5.36. The highest BCUT2D eigenvalue weighted by Gasteiger charge is 2.19. The molecule has 2 N–H and O–H groups in total. The largest absolute Gasteiger partial charge is 0.451 e. The zero-order valence-corrected chi connectivity index (χ0v) is 9.45. The Bertz CT molecular complexity index is 215. The van der Waals surface area contributed by atoms with Crippen molar-refractivity contribution in [1.82, 2.24) is 5.32 Å². The number of esters is 1. The first-order valence-electron chi connectivity index (χ1n) is 5.15. The Morgan fingerprint density at radius 2 is 2.00 bits per heavy atom. The molecular weight excluding hydrogens is 198 g/mol. The Kier molecular flexibility index (Phi) is 6.70. The molecule has 0 spiro atoms. The van der Waals surface area contributed by atoms with Gasteiger partial charge in [-0.05, 0) is 20.3 Å². The van der Waals surface area contributed by atoms with Crippen molar-refractivity contribution in [2.45, 2.75) is 45.8 Å². The van der Waals surface area contributed by atoms with E-state index >= 15 is 0 Å². The van der Waals surface area contributed by atoms with Crippen molar-refractivity contribution >= 4 is 11.9 Å². The Hall–Kier alpha value is -1.10. The third kappa shape index (κ3) is 6.06. The molecule has 0 saturated heterocycles. The lowest BCUT2D eigenvalue weighted by molar-refractivity contribution is -0.162. The fraction of sp³-hybridized carbons (Fsp3) is 0.800. The van der Waals surface area contributed by atoms with Crippen LogP contribution in [0.1, 0.15) is 33.6 Å². The highest BCUT2D eigenvalue weighted by Crippen LogP contribution is 1.95. The van der Waals surface area contributed by atoms with Crippen LogP contribution in [0.15, 0.2) is 0 Å². The maximum absolute atomic E-state index is 11.3. The van der Waals surface area contributed by atoms with Crippen molar-refractivity contribution in [2.75, 3.05) is 6.54 Å². The van der Waals surface area contributed by atoms with Crippen LogP contribution in [0.3, 0.4) is 0 Å². The molecule has 88 valence electrons. The van der Waals surface area contributed by atoms with E-state index in [4.69, 9.17) is 9.84 Å². The van der Waals surface area contributed by atoms with Gasteiger partial charge in [0.2, 0.25) is 0 Å². The first kappa shape index (κ1) is 13.9. The SMILES string of the molecule is CCCCNC(=O)[C@H](C)OC(=O)[C@H](C)O. The summed E-state index contributed by atoms with van der Waals surface area (Å²) in [5.41, 5.74) is 0. The molecule has 0 heterocycles. The van der Waals surface area contributed by atoms with Gasteiger partial charge in [-0.2, -0.15) is 0 Å². The molecule has 5 heteroatoms. The average molecular weight is 217 g/mol. The van der Waals surface area contributed by atoms with Gasteiger partial charge in [-0.15, -0.1) is 0 Å². The van der Waals surface area contributed by atoms with Gasteiger partial charge in [0.05, 0.1) is 0 Å². The highest BCUT2D eigenvalue weighted by molar-refractivity contribution is 5.84. The van der Waals surface area contributed by atoms with Gasteiger partial charge in [0.1, 0.15) is 6.10 Å². The molecule has 0 fully saturated rings. The quantitative estimate of drug-likeness (QED) is 0.493. The van der Waals surface area contributed by atoms with E-state index in [0.29, 0.717) is 6.54 Å². The molecule has 0 aliphatic rings. The zero-order chi connectivity index (χ0) is 11.8. The van der Waals surface area contributed by atoms with Crippen LogP contribution in [0.4, 0.5) is 0 Å². The molecule has 1 amide bonds. The topological polar surface area (TPSA) is 75.6 Å². The number of ether oxygens (including phenoxy) is 1. The summed E-state index contributed by atoms with van der Waals surface area (Å²) in [6.07, 6.45) is -0.176. The van der Waals surface area contributed by atoms with Crippen molar-refractivity contribution in [3.8, 4) is 0 Å². The number of hydrogen-bond acceptors (Lipinski definition) is 4. The summed E-state index contributed by atoms with van der Waals surface area (Å²) in [5.74, 6) is -1.12. The van der Waals surface area contributed by atoms with Gasteiger partial charge >= 0.3 is 5.97 Å². The van der Waals surface area contributed by atoms with Crippen molar-refractivity contribution in [3.05, 3.63) is 0 Å². The summed E-state index contributed by atoms with van der Waals surface area (Å²) in [5, 5.41) is 11.5. The fourth-order valence-corrected chi connectivity index (χ4v) is 0.858. The summed E-state index contributed by atoms with van der Waals surface area (Å²) in [6, 6.07) is 0. The molecule has 0 aromatic carbocycles. The van der Waals surface area contributed by atoms with Gasteiger partial charge in [-0.1, -0.05) is 13.3 Å². The number of unbranched alkanes of at least 4 members (excludes halogenated alkanes) is 1. The van der Waals surface area contributed by atoms with E-state index in [9.17, 15) is 9.59 Å². The first-order chi connectivity index (χ1) is 6.99. The predicted octanol–water partition coefficient (Wildman–Crippen LogP) is 0.215. The molecule has 0 rings (SSSR count). The van der Waals surface area contributed by atoms with E-state index in [2.05, 4.69) is 5.32 Å². The van der Waals surface area contributed by atoms with E-state index in [1.54, 1.807) is 0 Å². The third-order valence-electron chi connectivity index (χ3n) is 1.83. The Morgan fingerprint density at radius 3 is 2.47 bits per heavy atom. The molecule has 2 atom stereocenters. The fourth-order valence-electron chi connectivity index (χ4n) is 0.858. The third-order valence-corrected chi connectivity index (χ3v) is 1.83. The molecule has 0 aromatic heterocycles. The second kappa shape index (κ2) is 7.23. The van der Waals surface area contributed by atoms with Crippen LogP contribution in [0.5, 0.6) is 0 Å². The van der Waals surface area contributed by atoms with Crippen molar-refractivity contribution in [2.24, 2.45) is 0 Å². The number of carbonyl (C=O) groups is 2. The second-order valence-corrected chi connectivity index (χ2v) is 3.40. The summed E-state index contributed by atoms with van der Waals surface area (Å²) < 4.78 is 4.70. The number of rotatable bonds is 6. The van der Waals surface area contributed by atoms with Crippen molar-refractivity contribution in [3.63, 3.8) is 0 Å². The molecule has 0 aliphatic carbocycles. The van der Waals surface area contributed by atoms with Crippen LogP contribution >= 0.6 is 0 Å². The van der Waals surface area contributed by atoms with E-state index in [0.717, 1.165) is 12.8 Å². The molecule has 5 nitrogen and oxygen atoms in total. The van der Waals surface area contributed by atoms with Gasteiger partial charge in [-0.25, -0.2) is 4.79 Å². The lowest BCUT2D eigenvalue weighted by atomic mass is 10.3. The molecule has 15 heavy (non-hydrogen) atoms. The predicted molar refractivity (Wildman–Crippen MR) is 55.2 cm³/mol. The number of aliphatic hydroxyl groups excluding tert-OH is 1. The normalized spacial score (nSPS) is 14.1. The Balaban J connectivity index is 3.83.